The van der Waals surface area contributed by atoms with Crippen molar-refractivity contribution in [3.63, 3.8) is 0 Å². The highest BCUT2D eigenvalue weighted by molar-refractivity contribution is 5.38. The van der Waals surface area contributed by atoms with Crippen LogP contribution in [-0.2, 0) is 6.54 Å². The zero-order chi connectivity index (χ0) is 12.1. The van der Waals surface area contributed by atoms with Gasteiger partial charge in [0.15, 0.2) is 0 Å². The average molecular weight is 235 g/mol. The van der Waals surface area contributed by atoms with E-state index in [2.05, 4.69) is 15.3 Å². The first-order valence-electron chi connectivity index (χ1n) is 5.11. The van der Waals surface area contributed by atoms with Crippen LogP contribution in [0.25, 0.3) is 0 Å². The van der Waals surface area contributed by atoms with Crippen LogP contribution >= 0.6 is 0 Å². The maximum absolute atomic E-state index is 12.5. The lowest BCUT2D eigenvalue weighted by molar-refractivity contribution is 0.151. The number of alkyl halides is 2. The fraction of sp³-hybridized carbons (Fsp3) is 0.167. The predicted molar refractivity (Wildman–Crippen MR) is 60.8 cm³/mol. The van der Waals surface area contributed by atoms with Crippen molar-refractivity contribution in [3.8, 4) is 0 Å². The van der Waals surface area contributed by atoms with Gasteiger partial charge in [0.2, 0.25) is 0 Å². The maximum atomic E-state index is 12.5. The Morgan fingerprint density at radius 1 is 1.18 bits per heavy atom. The molecule has 1 N–H and O–H groups in total. The quantitative estimate of drug-likeness (QED) is 0.885. The molecule has 0 aliphatic rings. The lowest BCUT2D eigenvalue weighted by atomic mass is 10.1. The minimum absolute atomic E-state index is 0.0358. The maximum Gasteiger partial charge on any atom is 0.263 e. The summed E-state index contributed by atoms with van der Waals surface area (Å²) >= 11 is 0. The highest BCUT2D eigenvalue weighted by Crippen LogP contribution is 2.19. The molecular weight excluding hydrogens is 224 g/mol. The molecule has 1 aromatic carbocycles. The Kier molecular flexibility index (Phi) is 3.59. The van der Waals surface area contributed by atoms with Gasteiger partial charge in [-0.15, -0.1) is 0 Å². The van der Waals surface area contributed by atoms with Crippen LogP contribution in [-0.4, -0.2) is 9.97 Å². The monoisotopic (exact) mass is 235 g/mol. The summed E-state index contributed by atoms with van der Waals surface area (Å²) in [7, 11) is 0. The van der Waals surface area contributed by atoms with Crippen molar-refractivity contribution in [2.24, 2.45) is 0 Å². The smallest absolute Gasteiger partial charge is 0.263 e. The molecule has 0 bridgehead atoms. The Balaban J connectivity index is 2.02. The topological polar surface area (TPSA) is 37.8 Å². The molecule has 0 saturated heterocycles. The second-order valence-electron chi connectivity index (χ2n) is 3.53. The van der Waals surface area contributed by atoms with Crippen LogP contribution in [0.1, 0.15) is 17.6 Å². The molecule has 2 aromatic rings. The summed E-state index contributed by atoms with van der Waals surface area (Å²) in [4.78, 5) is 7.70. The highest BCUT2D eigenvalue weighted by Gasteiger charge is 2.06. The van der Waals surface area contributed by atoms with Crippen LogP contribution in [0.5, 0.6) is 0 Å². The number of anilines is 1. The number of rotatable bonds is 4. The highest BCUT2D eigenvalue weighted by atomic mass is 19.3. The molecule has 0 aliphatic carbocycles. The number of halogens is 2. The molecule has 17 heavy (non-hydrogen) atoms. The van der Waals surface area contributed by atoms with Gasteiger partial charge in [-0.2, -0.15) is 0 Å². The van der Waals surface area contributed by atoms with E-state index >= 15 is 0 Å². The summed E-state index contributed by atoms with van der Waals surface area (Å²) in [5, 5.41) is 3.06. The van der Waals surface area contributed by atoms with Crippen molar-refractivity contribution >= 4 is 5.69 Å². The van der Waals surface area contributed by atoms with Crippen LogP contribution < -0.4 is 5.32 Å². The van der Waals surface area contributed by atoms with Gasteiger partial charge in [-0.05, 0) is 11.6 Å². The minimum atomic E-state index is -2.44. The minimum Gasteiger partial charge on any atom is -0.378 e. The number of nitrogens with one attached hydrogen (secondary N) is 1. The van der Waals surface area contributed by atoms with Gasteiger partial charge in [-0.25, -0.2) is 18.7 Å². The van der Waals surface area contributed by atoms with E-state index in [4.69, 9.17) is 0 Å². The van der Waals surface area contributed by atoms with E-state index in [1.54, 1.807) is 24.5 Å². The normalized spacial score (nSPS) is 10.5. The predicted octanol–water partition coefficient (Wildman–Crippen LogP) is 3.03. The van der Waals surface area contributed by atoms with Gasteiger partial charge < -0.3 is 5.32 Å². The molecule has 88 valence electrons. The Morgan fingerprint density at radius 2 is 1.94 bits per heavy atom. The molecule has 1 aromatic heterocycles. The van der Waals surface area contributed by atoms with Crippen molar-refractivity contribution in [2.75, 3.05) is 5.32 Å². The molecule has 0 unspecified atom stereocenters. The average Bonchev–Trinajstić information content (AvgIpc) is 2.38. The number of nitrogens with zero attached hydrogens (tertiary/aromatic N) is 2. The van der Waals surface area contributed by atoms with Gasteiger partial charge in [0.1, 0.15) is 6.33 Å². The first kappa shape index (κ1) is 11.4. The Morgan fingerprint density at radius 3 is 2.65 bits per heavy atom. The van der Waals surface area contributed by atoms with Crippen molar-refractivity contribution < 1.29 is 8.78 Å². The summed E-state index contributed by atoms with van der Waals surface area (Å²) in [6, 6.07) is 6.32. The van der Waals surface area contributed by atoms with Crippen molar-refractivity contribution in [2.45, 2.75) is 13.0 Å². The first-order valence-corrected chi connectivity index (χ1v) is 5.11. The summed E-state index contributed by atoms with van der Waals surface area (Å²) < 4.78 is 24.9. The number of benzene rings is 1. The van der Waals surface area contributed by atoms with Crippen molar-refractivity contribution in [3.05, 3.63) is 54.1 Å². The van der Waals surface area contributed by atoms with Crippen molar-refractivity contribution in [1.82, 2.24) is 9.97 Å². The third-order valence-corrected chi connectivity index (χ3v) is 2.26. The molecule has 0 amide bonds. The van der Waals surface area contributed by atoms with Gasteiger partial charge in [0.25, 0.3) is 6.43 Å². The van der Waals surface area contributed by atoms with Crippen LogP contribution in [0.2, 0.25) is 0 Å². The van der Waals surface area contributed by atoms with Gasteiger partial charge in [-0.3, -0.25) is 0 Å². The van der Waals surface area contributed by atoms with Gasteiger partial charge in [0.05, 0.1) is 18.1 Å². The van der Waals surface area contributed by atoms with E-state index < -0.39 is 6.43 Å². The van der Waals surface area contributed by atoms with E-state index in [-0.39, 0.29) is 5.56 Å². The largest absolute Gasteiger partial charge is 0.378 e. The molecule has 0 radical (unpaired) electrons. The second kappa shape index (κ2) is 5.34. The van der Waals surface area contributed by atoms with Gasteiger partial charge >= 0.3 is 0 Å². The van der Waals surface area contributed by atoms with Crippen LogP contribution in [0.15, 0.2) is 43.0 Å². The number of hydrogen-bond acceptors (Lipinski definition) is 3. The molecule has 5 heteroatoms. The van der Waals surface area contributed by atoms with E-state index in [1.165, 1.54) is 18.5 Å². The van der Waals surface area contributed by atoms with E-state index in [0.29, 0.717) is 6.54 Å². The Hall–Kier alpha value is -2.04. The summed E-state index contributed by atoms with van der Waals surface area (Å²) in [5.41, 5.74) is 1.59. The van der Waals surface area contributed by atoms with Crippen molar-refractivity contribution in [1.29, 1.82) is 0 Å². The zero-order valence-corrected chi connectivity index (χ0v) is 8.98. The molecule has 0 aliphatic heterocycles. The molecule has 3 nitrogen and oxygen atoms in total. The first-order chi connectivity index (χ1) is 8.25. The Labute approximate surface area is 97.5 Å². The fourth-order valence-corrected chi connectivity index (χ4v) is 1.43. The van der Waals surface area contributed by atoms with Gasteiger partial charge in [-0.1, -0.05) is 18.2 Å². The third kappa shape index (κ3) is 3.21. The SMILES string of the molecule is FC(F)c1cccc(CNc2cncnc2)c1. The zero-order valence-electron chi connectivity index (χ0n) is 8.98. The number of aromatic nitrogens is 2. The lowest BCUT2D eigenvalue weighted by Gasteiger charge is -2.07. The molecule has 2 rings (SSSR count). The van der Waals surface area contributed by atoms with Crippen LogP contribution in [0, 0.1) is 0 Å². The second-order valence-corrected chi connectivity index (χ2v) is 3.53. The van der Waals surface area contributed by atoms with E-state index in [1.807, 2.05) is 0 Å². The lowest BCUT2D eigenvalue weighted by Crippen LogP contribution is -2.00. The molecule has 0 atom stereocenters. The van der Waals surface area contributed by atoms with E-state index in [9.17, 15) is 8.78 Å². The fourth-order valence-electron chi connectivity index (χ4n) is 1.43. The summed E-state index contributed by atoms with van der Waals surface area (Å²) in [5.74, 6) is 0. The molecule has 0 fully saturated rings. The van der Waals surface area contributed by atoms with Gasteiger partial charge in [0, 0.05) is 12.1 Å². The summed E-state index contributed by atoms with van der Waals surface area (Å²) in [6.07, 6.45) is 2.26. The standard InChI is InChI=1S/C12H11F2N3/c13-12(14)10-3-1-2-9(4-10)5-17-11-6-15-8-16-7-11/h1-4,6-8,12,17H,5H2. The number of hydrogen-bond donors (Lipinski definition) is 1. The van der Waals surface area contributed by atoms with Crippen LogP contribution in [0.4, 0.5) is 14.5 Å². The molecule has 0 spiro atoms. The Bertz CT molecular complexity index is 474. The molecule has 1 heterocycles. The third-order valence-electron chi connectivity index (χ3n) is 2.26. The molecule has 0 saturated carbocycles. The van der Waals surface area contributed by atoms with E-state index in [0.717, 1.165) is 11.3 Å². The van der Waals surface area contributed by atoms with Crippen LogP contribution in [0.3, 0.4) is 0 Å². The molecular formula is C12H11F2N3. The summed E-state index contributed by atoms with van der Waals surface area (Å²) in [6.45, 7) is 0.466.